The fourth-order valence-electron chi connectivity index (χ4n) is 1.16. The van der Waals surface area contributed by atoms with Crippen molar-refractivity contribution < 1.29 is 0 Å². The van der Waals surface area contributed by atoms with Gasteiger partial charge >= 0.3 is 0 Å². The highest BCUT2D eigenvalue weighted by Crippen LogP contribution is 2.16. The van der Waals surface area contributed by atoms with Crippen molar-refractivity contribution in [2.45, 2.75) is 56.7 Å². The predicted octanol–water partition coefficient (Wildman–Crippen LogP) is 4.02. The first-order valence-corrected chi connectivity index (χ1v) is 5.73. The molecule has 0 bridgehead atoms. The topological polar surface area (TPSA) is 23.8 Å². The third kappa shape index (κ3) is 8.07. The zero-order valence-electron chi connectivity index (χ0n) is 7.85. The lowest BCUT2D eigenvalue weighted by Gasteiger charge is -2.05. The van der Waals surface area contributed by atoms with Gasteiger partial charge in [0.2, 0.25) is 0 Å². The van der Waals surface area contributed by atoms with Crippen LogP contribution in [0.4, 0.5) is 0 Å². The van der Waals surface area contributed by atoms with Gasteiger partial charge in [0.15, 0.2) is 0 Å². The summed E-state index contributed by atoms with van der Waals surface area (Å²) < 4.78 is 0. The molecule has 0 aliphatic carbocycles. The van der Waals surface area contributed by atoms with E-state index in [1.807, 2.05) is 0 Å². The van der Waals surface area contributed by atoms with Crippen molar-refractivity contribution in [1.82, 2.24) is 0 Å². The van der Waals surface area contributed by atoms with Crippen LogP contribution < -0.4 is 0 Å². The molecule has 0 aromatic carbocycles. The number of hydrogen-bond acceptors (Lipinski definition) is 1. The molecule has 1 atom stereocenters. The van der Waals surface area contributed by atoms with Gasteiger partial charge in [0.1, 0.15) is 0 Å². The number of rotatable bonds is 7. The smallest absolute Gasteiger partial charge is 0.0622 e. The Morgan fingerprint density at radius 3 is 2.58 bits per heavy atom. The van der Waals surface area contributed by atoms with Gasteiger partial charge in [-0.1, -0.05) is 48.5 Å². The van der Waals surface area contributed by atoms with Crippen LogP contribution in [0.1, 0.15) is 51.9 Å². The molecule has 2 heteroatoms. The Morgan fingerprint density at radius 2 is 2.00 bits per heavy atom. The van der Waals surface area contributed by atoms with Gasteiger partial charge in [-0.25, -0.2) is 0 Å². The van der Waals surface area contributed by atoms with Gasteiger partial charge < -0.3 is 0 Å². The molecule has 0 heterocycles. The summed E-state index contributed by atoms with van der Waals surface area (Å²) in [4.78, 5) is 0.564. The molecule has 0 N–H and O–H groups in total. The van der Waals surface area contributed by atoms with Gasteiger partial charge in [-0.3, -0.25) is 0 Å². The van der Waals surface area contributed by atoms with E-state index in [9.17, 15) is 0 Å². The van der Waals surface area contributed by atoms with Crippen molar-refractivity contribution >= 4 is 15.9 Å². The van der Waals surface area contributed by atoms with Crippen molar-refractivity contribution in [3.05, 3.63) is 0 Å². The van der Waals surface area contributed by atoms with E-state index in [0.717, 1.165) is 6.42 Å². The first-order chi connectivity index (χ1) is 5.81. The number of nitrogens with zero attached hydrogens (tertiary/aromatic N) is 1. The Hall–Kier alpha value is -0.0300. The summed E-state index contributed by atoms with van der Waals surface area (Å²) in [6, 6.07) is 2.17. The van der Waals surface area contributed by atoms with Crippen LogP contribution in [0.25, 0.3) is 0 Å². The molecule has 70 valence electrons. The molecular weight excluding hydrogens is 214 g/mol. The van der Waals surface area contributed by atoms with Crippen molar-refractivity contribution in [2.75, 3.05) is 0 Å². The van der Waals surface area contributed by atoms with Crippen LogP contribution >= 0.6 is 15.9 Å². The Balaban J connectivity index is 3.09. The second kappa shape index (κ2) is 9.06. The molecule has 0 rings (SSSR count). The maximum absolute atomic E-state index is 8.35. The molecule has 1 unspecified atom stereocenters. The van der Waals surface area contributed by atoms with Gasteiger partial charge in [-0.05, 0) is 12.8 Å². The van der Waals surface area contributed by atoms with E-state index in [4.69, 9.17) is 5.26 Å². The van der Waals surface area contributed by atoms with Crippen LogP contribution in [-0.2, 0) is 0 Å². The summed E-state index contributed by atoms with van der Waals surface area (Å²) in [5, 5.41) is 8.35. The molecule has 0 saturated carbocycles. The molecule has 0 saturated heterocycles. The predicted molar refractivity (Wildman–Crippen MR) is 56.3 cm³/mol. The highest BCUT2D eigenvalue weighted by molar-refractivity contribution is 9.09. The van der Waals surface area contributed by atoms with Crippen molar-refractivity contribution in [3.63, 3.8) is 0 Å². The van der Waals surface area contributed by atoms with Gasteiger partial charge in [-0.2, -0.15) is 5.26 Å². The molecule has 0 fully saturated rings. The number of nitriles is 1. The summed E-state index contributed by atoms with van der Waals surface area (Å²) in [5.74, 6) is 0. The normalized spacial score (nSPS) is 12.4. The standard InChI is InChI=1S/C10H18BrN/c1-2-3-4-5-7-10(11)8-6-9-12/h10H,2-8H2,1H3. The summed E-state index contributed by atoms with van der Waals surface area (Å²) in [7, 11) is 0. The number of alkyl halides is 1. The minimum Gasteiger partial charge on any atom is -0.198 e. The Labute approximate surface area is 84.3 Å². The molecule has 0 spiro atoms. The van der Waals surface area contributed by atoms with Gasteiger partial charge in [0.25, 0.3) is 0 Å². The SMILES string of the molecule is CCCCCCC(Br)CCC#N. The lowest BCUT2D eigenvalue weighted by molar-refractivity contribution is 0.607. The van der Waals surface area contributed by atoms with Crippen LogP contribution in [0, 0.1) is 11.3 Å². The van der Waals surface area contributed by atoms with E-state index >= 15 is 0 Å². The van der Waals surface area contributed by atoms with Crippen LogP contribution in [0.2, 0.25) is 0 Å². The maximum Gasteiger partial charge on any atom is 0.0622 e. The van der Waals surface area contributed by atoms with E-state index in [1.54, 1.807) is 0 Å². The molecule has 0 aromatic heterocycles. The minimum atomic E-state index is 0.564. The molecule has 0 aliphatic heterocycles. The molecule has 0 amide bonds. The van der Waals surface area contributed by atoms with Crippen molar-refractivity contribution in [3.8, 4) is 6.07 Å². The summed E-state index contributed by atoms with van der Waals surface area (Å²) in [5.41, 5.74) is 0. The van der Waals surface area contributed by atoms with E-state index in [0.29, 0.717) is 11.2 Å². The van der Waals surface area contributed by atoms with E-state index < -0.39 is 0 Å². The number of unbranched alkanes of at least 4 members (excludes halogenated alkanes) is 3. The second-order valence-electron chi connectivity index (χ2n) is 3.14. The van der Waals surface area contributed by atoms with Crippen LogP contribution in [-0.4, -0.2) is 4.83 Å². The Morgan fingerprint density at radius 1 is 1.25 bits per heavy atom. The zero-order valence-corrected chi connectivity index (χ0v) is 9.44. The van der Waals surface area contributed by atoms with Gasteiger partial charge in [0, 0.05) is 11.2 Å². The van der Waals surface area contributed by atoms with E-state index in [2.05, 4.69) is 28.9 Å². The maximum atomic E-state index is 8.35. The average molecular weight is 232 g/mol. The molecule has 12 heavy (non-hydrogen) atoms. The van der Waals surface area contributed by atoms with Gasteiger partial charge in [0.05, 0.1) is 6.07 Å². The molecule has 0 aliphatic rings. The van der Waals surface area contributed by atoms with E-state index in [1.165, 1.54) is 32.1 Å². The Kier molecular flexibility index (Phi) is 9.04. The molecular formula is C10H18BrN. The Bertz CT molecular complexity index is 128. The summed E-state index contributed by atoms with van der Waals surface area (Å²) >= 11 is 3.58. The average Bonchev–Trinajstić information content (AvgIpc) is 2.09. The molecule has 0 aromatic rings. The summed E-state index contributed by atoms with van der Waals surface area (Å²) in [6.45, 7) is 2.22. The number of hydrogen-bond donors (Lipinski definition) is 0. The fraction of sp³-hybridized carbons (Fsp3) is 0.900. The highest BCUT2D eigenvalue weighted by atomic mass is 79.9. The summed E-state index contributed by atoms with van der Waals surface area (Å²) in [6.07, 6.45) is 8.19. The third-order valence-electron chi connectivity index (χ3n) is 1.94. The van der Waals surface area contributed by atoms with E-state index in [-0.39, 0.29) is 0 Å². The van der Waals surface area contributed by atoms with Crippen LogP contribution in [0.3, 0.4) is 0 Å². The van der Waals surface area contributed by atoms with Crippen molar-refractivity contribution in [1.29, 1.82) is 5.26 Å². The van der Waals surface area contributed by atoms with Crippen molar-refractivity contribution in [2.24, 2.45) is 0 Å². The lowest BCUT2D eigenvalue weighted by atomic mass is 10.1. The van der Waals surface area contributed by atoms with Gasteiger partial charge in [-0.15, -0.1) is 0 Å². The monoisotopic (exact) mass is 231 g/mol. The first-order valence-electron chi connectivity index (χ1n) is 4.82. The molecule has 1 nitrogen and oxygen atoms in total. The van der Waals surface area contributed by atoms with Crippen LogP contribution in [0.15, 0.2) is 0 Å². The quantitative estimate of drug-likeness (QED) is 0.480. The largest absolute Gasteiger partial charge is 0.198 e. The highest BCUT2D eigenvalue weighted by Gasteiger charge is 2.02. The molecule has 0 radical (unpaired) electrons. The lowest BCUT2D eigenvalue weighted by Crippen LogP contribution is -1.96. The fourth-order valence-corrected chi connectivity index (χ4v) is 1.71. The van der Waals surface area contributed by atoms with Crippen LogP contribution in [0.5, 0.6) is 0 Å². The third-order valence-corrected chi connectivity index (χ3v) is 2.86. The minimum absolute atomic E-state index is 0.564. The first kappa shape index (κ1) is 12.0. The zero-order chi connectivity index (χ0) is 9.23. The number of halogens is 1. The second-order valence-corrected chi connectivity index (χ2v) is 4.44.